The van der Waals surface area contributed by atoms with E-state index in [0.29, 0.717) is 12.2 Å². The lowest BCUT2D eigenvalue weighted by molar-refractivity contribution is -0.117. The van der Waals surface area contributed by atoms with Gasteiger partial charge in [-0.1, -0.05) is 6.92 Å². The first-order valence-corrected chi connectivity index (χ1v) is 7.74. The summed E-state index contributed by atoms with van der Waals surface area (Å²) >= 11 is 0. The van der Waals surface area contributed by atoms with Gasteiger partial charge in [-0.15, -0.1) is 0 Å². The summed E-state index contributed by atoms with van der Waals surface area (Å²) < 4.78 is 25.4. The number of aryl methyl sites for hydroxylation is 1. The Bertz CT molecular complexity index is 550. The first-order chi connectivity index (χ1) is 8.76. The summed E-state index contributed by atoms with van der Waals surface area (Å²) in [6.45, 7) is 6.92. The molecule has 0 bridgehead atoms. The van der Waals surface area contributed by atoms with E-state index in [4.69, 9.17) is 0 Å². The van der Waals surface area contributed by atoms with E-state index in [1.165, 1.54) is 6.92 Å². The maximum Gasteiger partial charge on any atom is 0.243 e. The maximum absolute atomic E-state index is 11.9. The van der Waals surface area contributed by atoms with Crippen molar-refractivity contribution in [3.63, 3.8) is 0 Å². The van der Waals surface area contributed by atoms with Crippen molar-refractivity contribution in [2.75, 3.05) is 11.1 Å². The number of hydrogen-bond acceptors (Lipinski definition) is 4. The fourth-order valence-electron chi connectivity index (χ4n) is 1.48. The number of aromatic amines is 1. The molecule has 1 aromatic heterocycles. The molecule has 19 heavy (non-hydrogen) atoms. The SMILES string of the molecule is CCCS(=O)(=O)NC(C)C(=O)Nc1n[nH]c(C)c1C. The Morgan fingerprint density at radius 1 is 1.42 bits per heavy atom. The van der Waals surface area contributed by atoms with Gasteiger partial charge in [0.15, 0.2) is 5.82 Å². The lowest BCUT2D eigenvalue weighted by atomic mass is 10.2. The Morgan fingerprint density at radius 2 is 2.05 bits per heavy atom. The average molecular weight is 288 g/mol. The van der Waals surface area contributed by atoms with Crippen molar-refractivity contribution in [2.45, 2.75) is 40.2 Å². The van der Waals surface area contributed by atoms with E-state index in [1.54, 1.807) is 6.92 Å². The minimum absolute atomic E-state index is 0.00512. The number of aromatic nitrogens is 2. The largest absolute Gasteiger partial charge is 0.308 e. The van der Waals surface area contributed by atoms with Crippen LogP contribution in [0, 0.1) is 13.8 Å². The van der Waals surface area contributed by atoms with Gasteiger partial charge in [0.2, 0.25) is 15.9 Å². The molecule has 1 atom stereocenters. The van der Waals surface area contributed by atoms with Crippen molar-refractivity contribution in [3.8, 4) is 0 Å². The summed E-state index contributed by atoms with van der Waals surface area (Å²) in [5.74, 6) is -0.0103. The molecule has 0 aromatic carbocycles. The van der Waals surface area contributed by atoms with Crippen LogP contribution in [-0.2, 0) is 14.8 Å². The number of amides is 1. The molecule has 1 unspecified atom stereocenters. The van der Waals surface area contributed by atoms with Gasteiger partial charge in [0.1, 0.15) is 0 Å². The fourth-order valence-corrected chi connectivity index (χ4v) is 2.78. The Labute approximate surface area is 113 Å². The van der Waals surface area contributed by atoms with Crippen molar-refractivity contribution in [1.82, 2.24) is 14.9 Å². The van der Waals surface area contributed by atoms with E-state index in [1.807, 2.05) is 13.8 Å². The number of sulfonamides is 1. The van der Waals surface area contributed by atoms with Crippen LogP contribution in [0.25, 0.3) is 0 Å². The predicted octanol–water partition coefficient (Wildman–Crippen LogP) is 0.683. The highest BCUT2D eigenvalue weighted by Crippen LogP contribution is 2.13. The molecule has 1 rings (SSSR count). The molecule has 1 aromatic rings. The Hall–Kier alpha value is -1.41. The third-order valence-electron chi connectivity index (χ3n) is 2.72. The van der Waals surface area contributed by atoms with Crippen LogP contribution in [0.4, 0.5) is 5.82 Å². The van der Waals surface area contributed by atoms with Crippen molar-refractivity contribution in [1.29, 1.82) is 0 Å². The van der Waals surface area contributed by atoms with Gasteiger partial charge in [0.05, 0.1) is 11.8 Å². The number of carbonyl (C=O) groups excluding carboxylic acids is 1. The van der Waals surface area contributed by atoms with E-state index in [-0.39, 0.29) is 5.75 Å². The molecule has 0 fully saturated rings. The predicted molar refractivity (Wildman–Crippen MR) is 73.4 cm³/mol. The molecule has 0 radical (unpaired) electrons. The monoisotopic (exact) mass is 288 g/mol. The summed E-state index contributed by atoms with van der Waals surface area (Å²) in [5.41, 5.74) is 1.69. The van der Waals surface area contributed by atoms with Crippen molar-refractivity contribution >= 4 is 21.7 Å². The molecule has 0 saturated heterocycles. The lowest BCUT2D eigenvalue weighted by Gasteiger charge is -2.13. The van der Waals surface area contributed by atoms with Gasteiger partial charge < -0.3 is 5.32 Å². The molecule has 0 spiro atoms. The number of hydrogen-bond donors (Lipinski definition) is 3. The molecule has 3 N–H and O–H groups in total. The minimum atomic E-state index is -3.41. The smallest absolute Gasteiger partial charge is 0.243 e. The second-order valence-electron chi connectivity index (χ2n) is 4.47. The lowest BCUT2D eigenvalue weighted by Crippen LogP contribution is -2.42. The second kappa shape index (κ2) is 6.16. The third kappa shape index (κ3) is 4.32. The van der Waals surface area contributed by atoms with Crippen LogP contribution < -0.4 is 10.0 Å². The van der Waals surface area contributed by atoms with Crippen LogP contribution in [0.1, 0.15) is 31.5 Å². The van der Waals surface area contributed by atoms with Gasteiger partial charge in [-0.25, -0.2) is 13.1 Å². The van der Waals surface area contributed by atoms with E-state index in [2.05, 4.69) is 20.2 Å². The highest BCUT2D eigenvalue weighted by Gasteiger charge is 2.20. The van der Waals surface area contributed by atoms with Crippen LogP contribution in [0.2, 0.25) is 0 Å². The van der Waals surface area contributed by atoms with Crippen LogP contribution >= 0.6 is 0 Å². The van der Waals surface area contributed by atoms with Crippen molar-refractivity contribution in [2.24, 2.45) is 0 Å². The topological polar surface area (TPSA) is 104 Å². The molecule has 0 aliphatic heterocycles. The second-order valence-corrected chi connectivity index (χ2v) is 6.34. The van der Waals surface area contributed by atoms with E-state index >= 15 is 0 Å². The maximum atomic E-state index is 11.9. The first kappa shape index (κ1) is 15.6. The summed E-state index contributed by atoms with van der Waals surface area (Å²) in [5, 5.41) is 9.27. The quantitative estimate of drug-likeness (QED) is 0.716. The highest BCUT2D eigenvalue weighted by molar-refractivity contribution is 7.89. The molecule has 0 saturated carbocycles. The van der Waals surface area contributed by atoms with Crippen LogP contribution in [0.3, 0.4) is 0 Å². The number of anilines is 1. The number of nitrogens with zero attached hydrogens (tertiary/aromatic N) is 1. The van der Waals surface area contributed by atoms with Gasteiger partial charge in [-0.05, 0) is 27.2 Å². The van der Waals surface area contributed by atoms with Gasteiger partial charge in [0, 0.05) is 11.3 Å². The van der Waals surface area contributed by atoms with Crippen LogP contribution in [0.15, 0.2) is 0 Å². The van der Waals surface area contributed by atoms with Crippen molar-refractivity contribution < 1.29 is 13.2 Å². The standard InChI is InChI=1S/C11H20N4O3S/c1-5-6-19(17,18)15-9(4)11(16)12-10-7(2)8(3)13-14-10/h9,15H,5-6H2,1-4H3,(H2,12,13,14,16). The molecule has 0 aliphatic carbocycles. The number of H-pyrrole nitrogens is 1. The Kier molecular flexibility index (Phi) is 5.07. The zero-order valence-corrected chi connectivity index (χ0v) is 12.4. The highest BCUT2D eigenvalue weighted by atomic mass is 32.2. The Balaban J connectivity index is 2.66. The molecule has 108 valence electrons. The average Bonchev–Trinajstić information content (AvgIpc) is 2.60. The van der Waals surface area contributed by atoms with Crippen LogP contribution in [-0.4, -0.2) is 36.3 Å². The molecule has 0 aliphatic rings. The Morgan fingerprint density at radius 3 is 2.53 bits per heavy atom. The van der Waals surface area contributed by atoms with E-state index < -0.39 is 22.0 Å². The molecule has 8 heteroatoms. The number of nitrogens with one attached hydrogen (secondary N) is 3. The van der Waals surface area contributed by atoms with Gasteiger partial charge in [-0.3, -0.25) is 9.89 Å². The molecule has 1 heterocycles. The molecular weight excluding hydrogens is 268 g/mol. The van der Waals surface area contributed by atoms with E-state index in [0.717, 1.165) is 11.3 Å². The fraction of sp³-hybridized carbons (Fsp3) is 0.636. The van der Waals surface area contributed by atoms with Gasteiger partial charge >= 0.3 is 0 Å². The van der Waals surface area contributed by atoms with Gasteiger partial charge in [0.25, 0.3) is 0 Å². The summed E-state index contributed by atoms with van der Waals surface area (Å²) in [6.07, 6.45) is 0.501. The third-order valence-corrected chi connectivity index (χ3v) is 4.38. The normalized spacial score (nSPS) is 13.3. The zero-order chi connectivity index (χ0) is 14.6. The summed E-state index contributed by atoms with van der Waals surface area (Å²) in [7, 11) is -3.41. The summed E-state index contributed by atoms with van der Waals surface area (Å²) in [4.78, 5) is 11.9. The molecule has 1 amide bonds. The van der Waals surface area contributed by atoms with Gasteiger partial charge in [-0.2, -0.15) is 5.10 Å². The molecule has 7 nitrogen and oxygen atoms in total. The zero-order valence-electron chi connectivity index (χ0n) is 11.6. The first-order valence-electron chi connectivity index (χ1n) is 6.09. The van der Waals surface area contributed by atoms with E-state index in [9.17, 15) is 13.2 Å². The molecular formula is C11H20N4O3S. The van der Waals surface area contributed by atoms with Crippen LogP contribution in [0.5, 0.6) is 0 Å². The minimum Gasteiger partial charge on any atom is -0.308 e. The number of rotatable bonds is 6. The number of carbonyl (C=O) groups is 1. The summed E-state index contributed by atoms with van der Waals surface area (Å²) in [6, 6.07) is -0.840. The van der Waals surface area contributed by atoms with Crippen molar-refractivity contribution in [3.05, 3.63) is 11.3 Å².